The van der Waals surface area contributed by atoms with E-state index in [9.17, 15) is 8.78 Å². The molecule has 0 aliphatic heterocycles. The quantitative estimate of drug-likeness (QED) is 0.820. The maximum Gasteiger partial charge on any atom is 0.129 e. The molecule has 0 aromatic heterocycles. The van der Waals surface area contributed by atoms with Crippen molar-refractivity contribution in [3.05, 3.63) is 35.1 Å². The molecule has 1 nitrogen and oxygen atoms in total. The molecule has 1 aromatic carbocycles. The van der Waals surface area contributed by atoms with Crippen LogP contribution in [-0.4, -0.2) is 0 Å². The summed E-state index contributed by atoms with van der Waals surface area (Å²) in [6, 6.07) is 4.68. The van der Waals surface area contributed by atoms with Crippen LogP contribution in [0.5, 0.6) is 0 Å². The Bertz CT molecular complexity index is 370. The van der Waals surface area contributed by atoms with Crippen molar-refractivity contribution in [1.29, 1.82) is 0 Å². The summed E-state index contributed by atoms with van der Waals surface area (Å²) in [5.41, 5.74) is 6.57. The maximum absolute atomic E-state index is 13.5. The summed E-state index contributed by atoms with van der Waals surface area (Å²) in [4.78, 5) is 0. The highest BCUT2D eigenvalue weighted by molar-refractivity contribution is 5.34. The van der Waals surface area contributed by atoms with Crippen molar-refractivity contribution in [1.82, 2.24) is 0 Å². The van der Waals surface area contributed by atoms with Crippen molar-refractivity contribution >= 4 is 0 Å². The van der Waals surface area contributed by atoms with Gasteiger partial charge in [-0.2, -0.15) is 0 Å². The van der Waals surface area contributed by atoms with E-state index in [4.69, 9.17) is 5.73 Å². The topological polar surface area (TPSA) is 26.0 Å². The minimum absolute atomic E-state index is 0.145. The number of benzene rings is 1. The van der Waals surface area contributed by atoms with E-state index in [1.54, 1.807) is 12.1 Å². The lowest BCUT2D eigenvalue weighted by Gasteiger charge is -2.35. The fraction of sp³-hybridized carbons (Fsp3) is 0.538. The molecule has 0 heterocycles. The van der Waals surface area contributed by atoms with Gasteiger partial charge in [0.1, 0.15) is 12.5 Å². The smallest absolute Gasteiger partial charge is 0.129 e. The molecule has 0 bridgehead atoms. The van der Waals surface area contributed by atoms with E-state index in [-0.39, 0.29) is 5.56 Å². The third-order valence-electron chi connectivity index (χ3n) is 3.53. The van der Waals surface area contributed by atoms with Gasteiger partial charge in [-0.05, 0) is 24.5 Å². The van der Waals surface area contributed by atoms with Gasteiger partial charge in [-0.3, -0.25) is 0 Å². The summed E-state index contributed by atoms with van der Waals surface area (Å²) in [5, 5.41) is 0. The second-order valence-electron chi connectivity index (χ2n) is 4.62. The minimum atomic E-state index is -0.777. The average Bonchev–Trinajstić information content (AvgIpc) is 2.29. The summed E-state index contributed by atoms with van der Waals surface area (Å²) < 4.78 is 26.4. The highest BCUT2D eigenvalue weighted by atomic mass is 19.1. The fourth-order valence-electron chi connectivity index (χ4n) is 2.61. The van der Waals surface area contributed by atoms with Crippen molar-refractivity contribution in [3.63, 3.8) is 0 Å². The summed E-state index contributed by atoms with van der Waals surface area (Å²) in [6.07, 6.45) is 4.89. The lowest BCUT2D eigenvalue weighted by atomic mass is 9.76. The van der Waals surface area contributed by atoms with Crippen LogP contribution in [0.25, 0.3) is 0 Å². The number of nitrogens with two attached hydrogens (primary N) is 1. The first-order chi connectivity index (χ1) is 7.67. The Morgan fingerprint density at radius 3 is 2.50 bits per heavy atom. The summed E-state index contributed by atoms with van der Waals surface area (Å²) in [5.74, 6) is -0.476. The zero-order chi connectivity index (χ0) is 11.6. The molecular formula is C13H17F2N. The van der Waals surface area contributed by atoms with Crippen molar-refractivity contribution in [2.24, 2.45) is 5.73 Å². The number of alkyl halides is 1. The van der Waals surface area contributed by atoms with E-state index in [1.165, 1.54) is 12.5 Å². The molecule has 1 saturated carbocycles. The molecule has 0 unspecified atom stereocenters. The van der Waals surface area contributed by atoms with Gasteiger partial charge in [-0.15, -0.1) is 0 Å². The number of hydrogen-bond donors (Lipinski definition) is 1. The van der Waals surface area contributed by atoms with Crippen LogP contribution in [0, 0.1) is 5.82 Å². The first-order valence-electron chi connectivity index (χ1n) is 5.80. The van der Waals surface area contributed by atoms with E-state index in [0.717, 1.165) is 25.7 Å². The van der Waals surface area contributed by atoms with Gasteiger partial charge in [0, 0.05) is 11.1 Å². The first-order valence-corrected chi connectivity index (χ1v) is 5.80. The molecule has 0 radical (unpaired) electrons. The van der Waals surface area contributed by atoms with Crippen LogP contribution in [0.1, 0.15) is 43.2 Å². The van der Waals surface area contributed by atoms with Gasteiger partial charge < -0.3 is 5.73 Å². The molecule has 2 rings (SSSR count). The molecule has 1 aliphatic rings. The van der Waals surface area contributed by atoms with Gasteiger partial charge in [0.05, 0.1) is 0 Å². The molecule has 1 aromatic rings. The highest BCUT2D eigenvalue weighted by Crippen LogP contribution is 2.37. The lowest BCUT2D eigenvalue weighted by molar-refractivity contribution is 0.295. The third kappa shape index (κ3) is 1.96. The SMILES string of the molecule is NC1(c2cccc(F)c2CF)CCCCC1. The molecule has 0 spiro atoms. The van der Waals surface area contributed by atoms with Crippen LogP contribution in [0.4, 0.5) is 8.78 Å². The zero-order valence-corrected chi connectivity index (χ0v) is 9.31. The molecule has 0 atom stereocenters. The summed E-state index contributed by atoms with van der Waals surface area (Å²) >= 11 is 0. The van der Waals surface area contributed by atoms with E-state index in [1.807, 2.05) is 0 Å². The molecule has 2 N–H and O–H groups in total. The monoisotopic (exact) mass is 225 g/mol. The largest absolute Gasteiger partial charge is 0.321 e. The van der Waals surface area contributed by atoms with Gasteiger partial charge in [-0.25, -0.2) is 8.78 Å². The number of halogens is 2. The van der Waals surface area contributed by atoms with Crippen LogP contribution in [0.15, 0.2) is 18.2 Å². The standard InChI is InChI=1S/C13H17F2N/c14-9-10-11(5-4-6-12(10)15)13(16)7-2-1-3-8-13/h4-6H,1-3,7-9,16H2. The predicted octanol–water partition coefficient (Wildman–Crippen LogP) is 3.41. The van der Waals surface area contributed by atoms with Gasteiger partial charge in [-0.1, -0.05) is 31.4 Å². The molecule has 1 fully saturated rings. The molecular weight excluding hydrogens is 208 g/mol. The van der Waals surface area contributed by atoms with Gasteiger partial charge in [0.2, 0.25) is 0 Å². The zero-order valence-electron chi connectivity index (χ0n) is 9.31. The molecule has 0 amide bonds. The first kappa shape index (κ1) is 11.5. The van der Waals surface area contributed by atoms with Gasteiger partial charge in [0.15, 0.2) is 0 Å². The molecule has 1 aliphatic carbocycles. The molecule has 3 heteroatoms. The number of hydrogen-bond acceptors (Lipinski definition) is 1. The van der Waals surface area contributed by atoms with Crippen molar-refractivity contribution in [2.75, 3.05) is 0 Å². The predicted molar refractivity (Wildman–Crippen MR) is 60.2 cm³/mol. The van der Waals surface area contributed by atoms with Crippen LogP contribution in [0.3, 0.4) is 0 Å². The summed E-state index contributed by atoms with van der Waals surface area (Å²) in [6.45, 7) is -0.777. The Morgan fingerprint density at radius 1 is 1.19 bits per heavy atom. The summed E-state index contributed by atoms with van der Waals surface area (Å²) in [7, 11) is 0. The second-order valence-corrected chi connectivity index (χ2v) is 4.62. The van der Waals surface area contributed by atoms with E-state index in [0.29, 0.717) is 5.56 Å². The average molecular weight is 225 g/mol. The third-order valence-corrected chi connectivity index (χ3v) is 3.53. The van der Waals surface area contributed by atoms with Crippen LogP contribution in [-0.2, 0) is 12.2 Å². The Hall–Kier alpha value is -0.960. The van der Waals surface area contributed by atoms with Crippen molar-refractivity contribution in [3.8, 4) is 0 Å². The minimum Gasteiger partial charge on any atom is -0.321 e. The van der Waals surface area contributed by atoms with Crippen molar-refractivity contribution in [2.45, 2.75) is 44.3 Å². The molecule has 88 valence electrons. The van der Waals surface area contributed by atoms with Gasteiger partial charge in [0.25, 0.3) is 0 Å². The van der Waals surface area contributed by atoms with E-state index >= 15 is 0 Å². The van der Waals surface area contributed by atoms with Crippen LogP contribution < -0.4 is 5.73 Å². The van der Waals surface area contributed by atoms with E-state index < -0.39 is 18.0 Å². The van der Waals surface area contributed by atoms with E-state index in [2.05, 4.69) is 0 Å². The Labute approximate surface area is 94.7 Å². The normalized spacial score (nSPS) is 19.7. The fourth-order valence-corrected chi connectivity index (χ4v) is 2.61. The van der Waals surface area contributed by atoms with Crippen LogP contribution in [0.2, 0.25) is 0 Å². The maximum atomic E-state index is 13.5. The van der Waals surface area contributed by atoms with Crippen LogP contribution >= 0.6 is 0 Å². The number of rotatable bonds is 2. The lowest BCUT2D eigenvalue weighted by Crippen LogP contribution is -2.39. The Kier molecular flexibility index (Phi) is 3.24. The Morgan fingerprint density at radius 2 is 1.88 bits per heavy atom. The van der Waals surface area contributed by atoms with Gasteiger partial charge >= 0.3 is 0 Å². The Balaban J connectivity index is 2.41. The van der Waals surface area contributed by atoms with Crippen molar-refractivity contribution < 1.29 is 8.78 Å². The second kappa shape index (κ2) is 4.50. The molecule has 0 saturated heterocycles. The highest BCUT2D eigenvalue weighted by Gasteiger charge is 2.32. The molecule has 16 heavy (non-hydrogen) atoms.